The summed E-state index contributed by atoms with van der Waals surface area (Å²) in [5.74, 6) is 0.0779. The molecule has 0 aliphatic carbocycles. The van der Waals surface area contributed by atoms with Crippen LogP contribution in [-0.2, 0) is 16.0 Å². The van der Waals surface area contributed by atoms with Crippen molar-refractivity contribution in [3.8, 4) is 0 Å². The molecule has 0 unspecified atom stereocenters. The van der Waals surface area contributed by atoms with Gasteiger partial charge in [-0.3, -0.25) is 4.79 Å². The standard InChI is InChI=1S/C18H24BrClN2O3/c1-18(2,3)25-17(24)21-13-6-8-22(9-7-13)16(23)11-12-4-5-14(19)15(20)10-12/h4-5,10,13H,6-9,11H2,1-3H3,(H,21,24). The molecule has 0 bridgehead atoms. The van der Waals surface area contributed by atoms with Crippen molar-refractivity contribution in [3.63, 3.8) is 0 Å². The zero-order valence-electron chi connectivity index (χ0n) is 14.8. The van der Waals surface area contributed by atoms with E-state index < -0.39 is 11.7 Å². The van der Waals surface area contributed by atoms with Gasteiger partial charge in [-0.2, -0.15) is 0 Å². The Morgan fingerprint density at radius 1 is 1.32 bits per heavy atom. The van der Waals surface area contributed by atoms with Crippen LogP contribution in [0.1, 0.15) is 39.2 Å². The first-order chi connectivity index (χ1) is 11.6. The van der Waals surface area contributed by atoms with Crippen molar-refractivity contribution in [2.45, 2.75) is 51.7 Å². The maximum absolute atomic E-state index is 12.4. The van der Waals surface area contributed by atoms with Crippen molar-refractivity contribution in [3.05, 3.63) is 33.3 Å². The van der Waals surface area contributed by atoms with Crippen LogP contribution in [0.3, 0.4) is 0 Å². The number of hydrogen-bond donors (Lipinski definition) is 1. The predicted molar refractivity (Wildman–Crippen MR) is 102 cm³/mol. The van der Waals surface area contributed by atoms with E-state index in [4.69, 9.17) is 16.3 Å². The molecule has 1 N–H and O–H groups in total. The minimum Gasteiger partial charge on any atom is -0.444 e. The third-order valence-corrected chi connectivity index (χ3v) is 5.14. The number of nitrogens with one attached hydrogen (secondary N) is 1. The molecule has 2 rings (SSSR count). The summed E-state index contributed by atoms with van der Waals surface area (Å²) in [5, 5.41) is 3.48. The van der Waals surface area contributed by atoms with Crippen molar-refractivity contribution in [2.75, 3.05) is 13.1 Å². The number of halogens is 2. The van der Waals surface area contributed by atoms with Gasteiger partial charge in [0.1, 0.15) is 5.60 Å². The quantitative estimate of drug-likeness (QED) is 0.782. The molecular formula is C18H24BrClN2O3. The van der Waals surface area contributed by atoms with Crippen LogP contribution in [0.4, 0.5) is 4.79 Å². The van der Waals surface area contributed by atoms with Crippen LogP contribution in [0.5, 0.6) is 0 Å². The zero-order chi connectivity index (χ0) is 18.6. The molecule has 0 aromatic heterocycles. The summed E-state index contributed by atoms with van der Waals surface area (Å²) in [7, 11) is 0. The molecular weight excluding hydrogens is 408 g/mol. The second-order valence-corrected chi connectivity index (χ2v) is 8.49. The summed E-state index contributed by atoms with van der Waals surface area (Å²) in [6.45, 7) is 6.76. The number of likely N-dealkylation sites (tertiary alicyclic amines) is 1. The fourth-order valence-corrected chi connectivity index (χ4v) is 3.13. The van der Waals surface area contributed by atoms with E-state index in [-0.39, 0.29) is 11.9 Å². The molecule has 7 heteroatoms. The van der Waals surface area contributed by atoms with Gasteiger partial charge in [0.25, 0.3) is 0 Å². The van der Waals surface area contributed by atoms with Crippen LogP contribution in [0.25, 0.3) is 0 Å². The largest absolute Gasteiger partial charge is 0.444 e. The van der Waals surface area contributed by atoms with Crippen molar-refractivity contribution in [1.29, 1.82) is 0 Å². The van der Waals surface area contributed by atoms with Gasteiger partial charge in [-0.15, -0.1) is 0 Å². The Morgan fingerprint density at radius 2 is 1.96 bits per heavy atom. The van der Waals surface area contributed by atoms with Crippen molar-refractivity contribution >= 4 is 39.5 Å². The van der Waals surface area contributed by atoms with Gasteiger partial charge in [0, 0.05) is 23.6 Å². The average Bonchev–Trinajstić information content (AvgIpc) is 2.49. The highest BCUT2D eigenvalue weighted by Crippen LogP contribution is 2.24. The molecule has 1 aromatic rings. The van der Waals surface area contributed by atoms with E-state index in [2.05, 4.69) is 21.2 Å². The monoisotopic (exact) mass is 430 g/mol. The summed E-state index contributed by atoms with van der Waals surface area (Å²) >= 11 is 9.42. The average molecular weight is 432 g/mol. The van der Waals surface area contributed by atoms with Gasteiger partial charge in [0.05, 0.1) is 11.4 Å². The topological polar surface area (TPSA) is 58.6 Å². The Hall–Kier alpha value is -1.27. The number of carbonyl (C=O) groups is 2. The first-order valence-corrected chi connectivity index (χ1v) is 9.52. The van der Waals surface area contributed by atoms with Crippen LogP contribution in [0, 0.1) is 0 Å². The smallest absolute Gasteiger partial charge is 0.407 e. The third-order valence-electron chi connectivity index (χ3n) is 3.91. The van der Waals surface area contributed by atoms with Crippen LogP contribution in [0.2, 0.25) is 5.02 Å². The molecule has 1 fully saturated rings. The molecule has 25 heavy (non-hydrogen) atoms. The van der Waals surface area contributed by atoms with Crippen molar-refractivity contribution < 1.29 is 14.3 Å². The Morgan fingerprint density at radius 3 is 2.52 bits per heavy atom. The van der Waals surface area contributed by atoms with Gasteiger partial charge >= 0.3 is 6.09 Å². The molecule has 0 atom stereocenters. The van der Waals surface area contributed by atoms with E-state index in [0.29, 0.717) is 24.5 Å². The summed E-state index contributed by atoms with van der Waals surface area (Å²) < 4.78 is 6.09. The number of rotatable bonds is 3. The fourth-order valence-electron chi connectivity index (χ4n) is 2.68. The minimum absolute atomic E-state index is 0.0426. The molecule has 1 heterocycles. The first-order valence-electron chi connectivity index (χ1n) is 8.35. The number of benzene rings is 1. The van der Waals surface area contributed by atoms with Crippen LogP contribution >= 0.6 is 27.5 Å². The van der Waals surface area contributed by atoms with Gasteiger partial charge in [-0.05, 0) is 67.2 Å². The van der Waals surface area contributed by atoms with E-state index in [1.54, 1.807) is 6.07 Å². The van der Waals surface area contributed by atoms with Crippen LogP contribution < -0.4 is 5.32 Å². The molecule has 0 radical (unpaired) electrons. The van der Waals surface area contributed by atoms with Crippen LogP contribution in [0.15, 0.2) is 22.7 Å². The lowest BCUT2D eigenvalue weighted by molar-refractivity contribution is -0.131. The van der Waals surface area contributed by atoms with E-state index >= 15 is 0 Å². The summed E-state index contributed by atoms with van der Waals surface area (Å²) in [4.78, 5) is 26.1. The molecule has 138 valence electrons. The Kier molecular flexibility index (Phi) is 6.74. The van der Waals surface area contributed by atoms with Gasteiger partial charge < -0.3 is 15.0 Å². The Balaban J connectivity index is 1.80. The highest BCUT2D eigenvalue weighted by Gasteiger charge is 2.25. The highest BCUT2D eigenvalue weighted by atomic mass is 79.9. The van der Waals surface area contributed by atoms with E-state index in [9.17, 15) is 9.59 Å². The van der Waals surface area contributed by atoms with E-state index in [1.165, 1.54) is 0 Å². The zero-order valence-corrected chi connectivity index (χ0v) is 17.1. The fraction of sp³-hybridized carbons (Fsp3) is 0.556. The SMILES string of the molecule is CC(C)(C)OC(=O)NC1CCN(C(=O)Cc2ccc(Br)c(Cl)c2)CC1. The molecule has 1 aliphatic rings. The third kappa shape index (κ3) is 6.51. The van der Waals surface area contributed by atoms with Gasteiger partial charge in [-0.25, -0.2) is 4.79 Å². The number of nitrogens with zero attached hydrogens (tertiary/aromatic N) is 1. The summed E-state index contributed by atoms with van der Waals surface area (Å²) in [6, 6.07) is 5.59. The number of piperidine rings is 1. The molecule has 0 spiro atoms. The molecule has 1 saturated heterocycles. The van der Waals surface area contributed by atoms with Crippen molar-refractivity contribution in [1.82, 2.24) is 10.2 Å². The minimum atomic E-state index is -0.507. The van der Waals surface area contributed by atoms with Crippen LogP contribution in [-0.4, -0.2) is 41.6 Å². The highest BCUT2D eigenvalue weighted by molar-refractivity contribution is 9.10. The summed E-state index contributed by atoms with van der Waals surface area (Å²) in [6.07, 6.45) is 1.39. The van der Waals surface area contributed by atoms with Gasteiger partial charge in [0.15, 0.2) is 0 Å². The van der Waals surface area contributed by atoms with Gasteiger partial charge in [-0.1, -0.05) is 17.7 Å². The maximum atomic E-state index is 12.4. The normalized spacial score (nSPS) is 15.8. The lowest BCUT2D eigenvalue weighted by Crippen LogP contribution is -2.47. The lowest BCUT2D eigenvalue weighted by atomic mass is 10.0. The van der Waals surface area contributed by atoms with E-state index in [0.717, 1.165) is 22.9 Å². The second-order valence-electron chi connectivity index (χ2n) is 7.23. The molecule has 1 aromatic carbocycles. The molecule has 1 aliphatic heterocycles. The lowest BCUT2D eigenvalue weighted by Gasteiger charge is -2.33. The molecule has 0 saturated carbocycles. The number of carbonyl (C=O) groups excluding carboxylic acids is 2. The second kappa shape index (κ2) is 8.41. The predicted octanol–water partition coefficient (Wildman–Crippen LogP) is 4.16. The molecule has 2 amide bonds. The number of amides is 2. The van der Waals surface area contributed by atoms with Crippen molar-refractivity contribution in [2.24, 2.45) is 0 Å². The van der Waals surface area contributed by atoms with E-state index in [1.807, 2.05) is 37.8 Å². The number of ether oxygens (including phenoxy) is 1. The number of hydrogen-bond acceptors (Lipinski definition) is 3. The van der Waals surface area contributed by atoms with Gasteiger partial charge in [0.2, 0.25) is 5.91 Å². The molecule has 5 nitrogen and oxygen atoms in total. The maximum Gasteiger partial charge on any atom is 0.407 e. The Bertz CT molecular complexity index is 638. The first kappa shape index (κ1) is 20.0. The Labute approximate surface area is 162 Å². The summed E-state index contributed by atoms with van der Waals surface area (Å²) in [5.41, 5.74) is 0.388. The number of alkyl carbamates (subject to hydrolysis) is 1.